The molecule has 5 nitrogen and oxygen atoms in total. The van der Waals surface area contributed by atoms with Crippen molar-refractivity contribution in [1.29, 1.82) is 0 Å². The number of aromatic nitrogens is 3. The number of pyridine rings is 1. The zero-order valence-electron chi connectivity index (χ0n) is 11.8. The predicted molar refractivity (Wildman–Crippen MR) is 81.8 cm³/mol. The lowest BCUT2D eigenvalue weighted by atomic mass is 9.97. The van der Waals surface area contributed by atoms with E-state index in [1.165, 1.54) is 5.56 Å². The molecule has 0 radical (unpaired) electrons. The molecular weight excluding hydrogens is 264 g/mol. The molecule has 1 unspecified atom stereocenters. The van der Waals surface area contributed by atoms with Crippen LogP contribution in [-0.2, 0) is 6.54 Å². The molecule has 1 aliphatic rings. The third kappa shape index (κ3) is 2.01. The van der Waals surface area contributed by atoms with Crippen LogP contribution in [-0.4, -0.2) is 28.4 Å². The summed E-state index contributed by atoms with van der Waals surface area (Å²) in [6.45, 7) is 1.74. The van der Waals surface area contributed by atoms with Gasteiger partial charge < -0.3 is 10.1 Å². The van der Waals surface area contributed by atoms with Crippen molar-refractivity contribution in [3.05, 3.63) is 48.2 Å². The maximum absolute atomic E-state index is 5.31. The van der Waals surface area contributed by atoms with Crippen LogP contribution in [0.4, 0.5) is 5.82 Å². The number of fused-ring (bicyclic) bond motifs is 3. The lowest BCUT2D eigenvalue weighted by Gasteiger charge is -2.25. The molecule has 2 aromatic heterocycles. The zero-order valence-corrected chi connectivity index (χ0v) is 11.8. The Hall–Kier alpha value is -2.56. The van der Waals surface area contributed by atoms with Crippen LogP contribution in [0.1, 0.15) is 11.5 Å². The number of ether oxygens (including phenoxy) is 1. The Labute approximate surface area is 122 Å². The van der Waals surface area contributed by atoms with Crippen LogP contribution in [0.2, 0.25) is 0 Å². The number of methoxy groups -OCH3 is 1. The standard InChI is InChI=1S/C16H16N4O/c1-21-13-5-2-4-11(8-13)12-9-18-16-14-6-3-7-17-15(14)19-20(16)10-12/h2-8,12,18H,9-10H2,1H3. The number of hydrogen-bond acceptors (Lipinski definition) is 4. The molecule has 4 rings (SSSR count). The fraction of sp³-hybridized carbons (Fsp3) is 0.250. The van der Waals surface area contributed by atoms with Crippen LogP contribution in [0, 0.1) is 0 Å². The lowest BCUT2D eigenvalue weighted by Crippen LogP contribution is -2.26. The highest BCUT2D eigenvalue weighted by molar-refractivity contribution is 5.87. The minimum Gasteiger partial charge on any atom is -0.497 e. The Morgan fingerprint density at radius 1 is 1.29 bits per heavy atom. The Balaban J connectivity index is 1.70. The number of nitrogens with one attached hydrogen (secondary N) is 1. The second-order valence-corrected chi connectivity index (χ2v) is 5.26. The van der Waals surface area contributed by atoms with Crippen LogP contribution in [0.15, 0.2) is 42.6 Å². The Morgan fingerprint density at radius 2 is 2.24 bits per heavy atom. The van der Waals surface area contributed by atoms with E-state index in [4.69, 9.17) is 4.74 Å². The van der Waals surface area contributed by atoms with Gasteiger partial charge in [0.15, 0.2) is 5.65 Å². The summed E-state index contributed by atoms with van der Waals surface area (Å²) in [7, 11) is 1.70. The van der Waals surface area contributed by atoms with Gasteiger partial charge in [0.1, 0.15) is 11.6 Å². The van der Waals surface area contributed by atoms with Crippen molar-refractivity contribution in [2.45, 2.75) is 12.5 Å². The zero-order chi connectivity index (χ0) is 14.2. The van der Waals surface area contributed by atoms with E-state index in [9.17, 15) is 0 Å². The van der Waals surface area contributed by atoms with Crippen LogP contribution < -0.4 is 10.1 Å². The van der Waals surface area contributed by atoms with Crippen molar-refractivity contribution < 1.29 is 4.74 Å². The van der Waals surface area contributed by atoms with Gasteiger partial charge in [-0.1, -0.05) is 12.1 Å². The van der Waals surface area contributed by atoms with Gasteiger partial charge in [0.2, 0.25) is 0 Å². The van der Waals surface area contributed by atoms with Crippen molar-refractivity contribution in [3.8, 4) is 5.75 Å². The van der Waals surface area contributed by atoms with Gasteiger partial charge >= 0.3 is 0 Å². The summed E-state index contributed by atoms with van der Waals surface area (Å²) >= 11 is 0. The largest absolute Gasteiger partial charge is 0.497 e. The number of rotatable bonds is 2. The smallest absolute Gasteiger partial charge is 0.183 e. The van der Waals surface area contributed by atoms with E-state index in [0.29, 0.717) is 5.92 Å². The second-order valence-electron chi connectivity index (χ2n) is 5.26. The van der Waals surface area contributed by atoms with Crippen molar-refractivity contribution >= 4 is 16.9 Å². The minimum absolute atomic E-state index is 0.377. The normalized spacial score (nSPS) is 17.3. The molecule has 3 heterocycles. The Morgan fingerprint density at radius 3 is 3.14 bits per heavy atom. The molecule has 0 bridgehead atoms. The van der Waals surface area contributed by atoms with Crippen LogP contribution in [0.5, 0.6) is 5.75 Å². The summed E-state index contributed by atoms with van der Waals surface area (Å²) in [5, 5.41) is 9.16. The summed E-state index contributed by atoms with van der Waals surface area (Å²) in [6.07, 6.45) is 1.78. The topological polar surface area (TPSA) is 52.0 Å². The lowest BCUT2D eigenvalue weighted by molar-refractivity contribution is 0.413. The van der Waals surface area contributed by atoms with Gasteiger partial charge in [-0.15, -0.1) is 0 Å². The quantitative estimate of drug-likeness (QED) is 0.784. The maximum Gasteiger partial charge on any atom is 0.183 e. The van der Waals surface area contributed by atoms with Crippen molar-refractivity contribution in [3.63, 3.8) is 0 Å². The highest BCUT2D eigenvalue weighted by Gasteiger charge is 2.23. The van der Waals surface area contributed by atoms with E-state index in [-0.39, 0.29) is 0 Å². The molecule has 1 atom stereocenters. The van der Waals surface area contributed by atoms with Gasteiger partial charge in [-0.3, -0.25) is 0 Å². The minimum atomic E-state index is 0.377. The van der Waals surface area contributed by atoms with Crippen LogP contribution in [0.25, 0.3) is 11.0 Å². The van der Waals surface area contributed by atoms with Crippen LogP contribution in [0.3, 0.4) is 0 Å². The van der Waals surface area contributed by atoms with E-state index in [0.717, 1.165) is 35.7 Å². The number of hydrogen-bond donors (Lipinski definition) is 1. The maximum atomic E-state index is 5.31. The molecule has 0 fully saturated rings. The molecular formula is C16H16N4O. The van der Waals surface area contributed by atoms with Crippen molar-refractivity contribution in [1.82, 2.24) is 14.8 Å². The molecule has 0 amide bonds. The first kappa shape index (κ1) is 12.2. The molecule has 3 aromatic rings. The molecule has 0 aliphatic carbocycles. The molecule has 21 heavy (non-hydrogen) atoms. The Bertz CT molecular complexity index is 796. The molecule has 1 aromatic carbocycles. The monoisotopic (exact) mass is 280 g/mol. The van der Waals surface area contributed by atoms with Gasteiger partial charge in [-0.05, 0) is 29.8 Å². The van der Waals surface area contributed by atoms with Gasteiger partial charge in [0, 0.05) is 18.7 Å². The van der Waals surface area contributed by atoms with E-state index in [2.05, 4.69) is 33.6 Å². The predicted octanol–water partition coefficient (Wildman–Crippen LogP) is 2.65. The third-order valence-electron chi connectivity index (χ3n) is 3.99. The third-order valence-corrected chi connectivity index (χ3v) is 3.99. The molecule has 1 N–H and O–H groups in total. The summed E-state index contributed by atoms with van der Waals surface area (Å²) in [4.78, 5) is 4.32. The number of benzene rings is 1. The second kappa shape index (κ2) is 4.77. The van der Waals surface area contributed by atoms with Crippen LogP contribution >= 0.6 is 0 Å². The fourth-order valence-corrected chi connectivity index (χ4v) is 2.90. The molecule has 0 saturated carbocycles. The molecule has 5 heteroatoms. The summed E-state index contributed by atoms with van der Waals surface area (Å²) < 4.78 is 7.33. The number of nitrogens with zero attached hydrogens (tertiary/aromatic N) is 3. The fourth-order valence-electron chi connectivity index (χ4n) is 2.90. The first-order valence-corrected chi connectivity index (χ1v) is 7.04. The first-order valence-electron chi connectivity index (χ1n) is 7.04. The van der Waals surface area contributed by atoms with E-state index >= 15 is 0 Å². The summed E-state index contributed by atoms with van der Waals surface area (Å²) in [6, 6.07) is 12.2. The summed E-state index contributed by atoms with van der Waals surface area (Å²) in [5.74, 6) is 2.34. The Kier molecular flexibility index (Phi) is 2.77. The first-order chi connectivity index (χ1) is 10.3. The summed E-state index contributed by atoms with van der Waals surface area (Å²) in [5.41, 5.74) is 2.06. The molecule has 0 saturated heterocycles. The average molecular weight is 280 g/mol. The van der Waals surface area contributed by atoms with Crippen molar-refractivity contribution in [2.75, 3.05) is 19.0 Å². The van der Waals surface area contributed by atoms with E-state index < -0.39 is 0 Å². The highest BCUT2D eigenvalue weighted by Crippen LogP contribution is 2.31. The van der Waals surface area contributed by atoms with Gasteiger partial charge in [-0.2, -0.15) is 5.10 Å². The van der Waals surface area contributed by atoms with Gasteiger partial charge in [-0.25, -0.2) is 9.67 Å². The van der Waals surface area contributed by atoms with Crippen molar-refractivity contribution in [2.24, 2.45) is 0 Å². The average Bonchev–Trinajstić information content (AvgIpc) is 2.92. The van der Waals surface area contributed by atoms with E-state index in [1.807, 2.05) is 22.9 Å². The SMILES string of the molecule is COc1cccc(C2CNc3c4cccnc4nn3C2)c1. The molecule has 1 aliphatic heterocycles. The van der Waals surface area contributed by atoms with E-state index in [1.54, 1.807) is 13.3 Å². The molecule has 106 valence electrons. The highest BCUT2D eigenvalue weighted by atomic mass is 16.5. The number of anilines is 1. The van der Waals surface area contributed by atoms with Gasteiger partial charge in [0.25, 0.3) is 0 Å². The van der Waals surface area contributed by atoms with Gasteiger partial charge in [0.05, 0.1) is 19.0 Å². The molecule has 0 spiro atoms.